The third kappa shape index (κ3) is 4.85. The maximum absolute atomic E-state index is 5.93. The van der Waals surface area contributed by atoms with E-state index in [4.69, 9.17) is 9.47 Å². The van der Waals surface area contributed by atoms with E-state index in [2.05, 4.69) is 36.4 Å². The van der Waals surface area contributed by atoms with Crippen molar-refractivity contribution in [2.45, 2.75) is 65.0 Å². The standard InChI is InChI=1S/C14H26N4O2/c1-4-15-9-13-10-18(17-16-13)5-6-19-14-7-11(2)20-12(3)8-14/h10-12,14-15H,4-9H2,1-3H3. The van der Waals surface area contributed by atoms with Gasteiger partial charge in [-0.25, -0.2) is 4.68 Å². The summed E-state index contributed by atoms with van der Waals surface area (Å²) in [6, 6.07) is 0. The molecular weight excluding hydrogens is 256 g/mol. The van der Waals surface area contributed by atoms with E-state index >= 15 is 0 Å². The van der Waals surface area contributed by atoms with Crippen molar-refractivity contribution in [3.05, 3.63) is 11.9 Å². The molecule has 1 aromatic heterocycles. The van der Waals surface area contributed by atoms with Crippen LogP contribution in [0.1, 0.15) is 39.3 Å². The van der Waals surface area contributed by atoms with E-state index < -0.39 is 0 Å². The Balaban J connectivity index is 1.68. The molecule has 0 aromatic carbocycles. The molecule has 2 heterocycles. The Kier molecular flexibility index (Phi) is 5.94. The van der Waals surface area contributed by atoms with Crippen molar-refractivity contribution in [2.24, 2.45) is 0 Å². The largest absolute Gasteiger partial charge is 0.376 e. The molecule has 1 N–H and O–H groups in total. The van der Waals surface area contributed by atoms with Crippen molar-refractivity contribution >= 4 is 0 Å². The van der Waals surface area contributed by atoms with Crippen LogP contribution in [0.3, 0.4) is 0 Å². The maximum Gasteiger partial charge on any atom is 0.0964 e. The van der Waals surface area contributed by atoms with Crippen molar-refractivity contribution in [3.8, 4) is 0 Å². The lowest BCUT2D eigenvalue weighted by Crippen LogP contribution is -2.34. The quantitative estimate of drug-likeness (QED) is 0.818. The molecule has 1 aliphatic heterocycles. The fraction of sp³-hybridized carbons (Fsp3) is 0.857. The summed E-state index contributed by atoms with van der Waals surface area (Å²) in [7, 11) is 0. The van der Waals surface area contributed by atoms with E-state index in [1.54, 1.807) is 0 Å². The van der Waals surface area contributed by atoms with Gasteiger partial charge in [-0.05, 0) is 33.2 Å². The van der Waals surface area contributed by atoms with Gasteiger partial charge in [0.2, 0.25) is 0 Å². The average molecular weight is 282 g/mol. The molecule has 0 radical (unpaired) electrons. The number of nitrogens with zero attached hydrogens (tertiary/aromatic N) is 3. The van der Waals surface area contributed by atoms with Crippen molar-refractivity contribution in [1.82, 2.24) is 20.3 Å². The van der Waals surface area contributed by atoms with E-state index in [1.165, 1.54) is 0 Å². The van der Waals surface area contributed by atoms with E-state index in [0.29, 0.717) is 24.9 Å². The normalized spacial score (nSPS) is 26.9. The molecule has 1 aliphatic rings. The molecule has 0 spiro atoms. The summed E-state index contributed by atoms with van der Waals surface area (Å²) < 4.78 is 13.5. The van der Waals surface area contributed by atoms with Crippen LogP contribution in [0.4, 0.5) is 0 Å². The van der Waals surface area contributed by atoms with Crippen molar-refractivity contribution in [2.75, 3.05) is 13.2 Å². The molecule has 0 amide bonds. The number of aromatic nitrogens is 3. The van der Waals surface area contributed by atoms with E-state index in [9.17, 15) is 0 Å². The molecule has 114 valence electrons. The van der Waals surface area contributed by atoms with E-state index in [0.717, 1.165) is 38.2 Å². The Bertz CT molecular complexity index is 386. The highest BCUT2D eigenvalue weighted by atomic mass is 16.5. The van der Waals surface area contributed by atoms with Crippen LogP contribution in [0.2, 0.25) is 0 Å². The third-order valence-electron chi connectivity index (χ3n) is 3.47. The molecular formula is C14H26N4O2. The van der Waals surface area contributed by atoms with Crippen molar-refractivity contribution in [3.63, 3.8) is 0 Å². The minimum atomic E-state index is 0.293. The summed E-state index contributed by atoms with van der Waals surface area (Å²) >= 11 is 0. The van der Waals surface area contributed by atoms with Crippen LogP contribution in [0.15, 0.2) is 6.20 Å². The number of nitrogens with one attached hydrogen (secondary N) is 1. The molecule has 2 atom stereocenters. The van der Waals surface area contributed by atoms with Gasteiger partial charge in [-0.1, -0.05) is 12.1 Å². The Hall–Kier alpha value is -0.980. The average Bonchev–Trinajstić information content (AvgIpc) is 2.83. The summed E-state index contributed by atoms with van der Waals surface area (Å²) in [4.78, 5) is 0. The number of ether oxygens (including phenoxy) is 2. The monoisotopic (exact) mass is 282 g/mol. The first-order chi connectivity index (χ1) is 9.67. The third-order valence-corrected chi connectivity index (χ3v) is 3.47. The Morgan fingerprint density at radius 2 is 2.15 bits per heavy atom. The number of hydrogen-bond donors (Lipinski definition) is 1. The summed E-state index contributed by atoms with van der Waals surface area (Å²) in [5.74, 6) is 0. The molecule has 6 nitrogen and oxygen atoms in total. The van der Waals surface area contributed by atoms with Gasteiger partial charge in [0.25, 0.3) is 0 Å². The molecule has 6 heteroatoms. The lowest BCUT2D eigenvalue weighted by Gasteiger charge is -2.31. The van der Waals surface area contributed by atoms with Crippen LogP contribution in [0.5, 0.6) is 0 Å². The fourth-order valence-electron chi connectivity index (χ4n) is 2.58. The molecule has 20 heavy (non-hydrogen) atoms. The van der Waals surface area contributed by atoms with Crippen molar-refractivity contribution in [1.29, 1.82) is 0 Å². The molecule has 1 aromatic rings. The van der Waals surface area contributed by atoms with Gasteiger partial charge in [0, 0.05) is 12.7 Å². The summed E-state index contributed by atoms with van der Waals surface area (Å²) in [6.07, 6.45) is 4.82. The van der Waals surface area contributed by atoms with Crippen LogP contribution < -0.4 is 5.32 Å². The second kappa shape index (κ2) is 7.71. The Morgan fingerprint density at radius 3 is 2.85 bits per heavy atom. The topological polar surface area (TPSA) is 61.2 Å². The van der Waals surface area contributed by atoms with Crippen LogP contribution in [0, 0.1) is 0 Å². The van der Waals surface area contributed by atoms with Crippen LogP contribution >= 0.6 is 0 Å². The zero-order chi connectivity index (χ0) is 14.4. The molecule has 1 fully saturated rings. The van der Waals surface area contributed by atoms with E-state index in [-0.39, 0.29) is 0 Å². The predicted molar refractivity (Wildman–Crippen MR) is 76.4 cm³/mol. The zero-order valence-corrected chi connectivity index (χ0v) is 12.7. The van der Waals surface area contributed by atoms with Gasteiger partial charge in [0.05, 0.1) is 37.2 Å². The predicted octanol–water partition coefficient (Wildman–Crippen LogP) is 1.36. The lowest BCUT2D eigenvalue weighted by atomic mass is 10.0. The van der Waals surface area contributed by atoms with Crippen LogP contribution in [-0.2, 0) is 22.6 Å². The van der Waals surface area contributed by atoms with Gasteiger partial charge in [0.15, 0.2) is 0 Å². The first kappa shape index (κ1) is 15.4. The fourth-order valence-corrected chi connectivity index (χ4v) is 2.58. The Labute approximate surface area is 120 Å². The Morgan fingerprint density at radius 1 is 1.40 bits per heavy atom. The van der Waals surface area contributed by atoms with Crippen LogP contribution in [0.25, 0.3) is 0 Å². The summed E-state index contributed by atoms with van der Waals surface area (Å²) in [5.41, 5.74) is 0.972. The summed E-state index contributed by atoms with van der Waals surface area (Å²) in [5, 5.41) is 11.5. The second-order valence-electron chi connectivity index (χ2n) is 5.47. The number of hydrogen-bond acceptors (Lipinski definition) is 5. The first-order valence-corrected chi connectivity index (χ1v) is 7.54. The van der Waals surface area contributed by atoms with E-state index in [1.807, 2.05) is 10.9 Å². The lowest BCUT2D eigenvalue weighted by molar-refractivity contribution is -0.103. The highest BCUT2D eigenvalue weighted by Gasteiger charge is 2.24. The summed E-state index contributed by atoms with van der Waals surface area (Å²) in [6.45, 7) is 9.43. The van der Waals surface area contributed by atoms with Crippen LogP contribution in [-0.4, -0.2) is 46.5 Å². The first-order valence-electron chi connectivity index (χ1n) is 7.54. The van der Waals surface area contributed by atoms with Gasteiger partial charge < -0.3 is 14.8 Å². The van der Waals surface area contributed by atoms with Gasteiger partial charge in [-0.3, -0.25) is 0 Å². The van der Waals surface area contributed by atoms with Gasteiger partial charge in [0.1, 0.15) is 0 Å². The highest BCUT2D eigenvalue weighted by molar-refractivity contribution is 4.91. The van der Waals surface area contributed by atoms with Gasteiger partial charge in [-0.2, -0.15) is 0 Å². The van der Waals surface area contributed by atoms with Gasteiger partial charge in [-0.15, -0.1) is 5.10 Å². The molecule has 0 aliphatic carbocycles. The zero-order valence-electron chi connectivity index (χ0n) is 12.7. The highest BCUT2D eigenvalue weighted by Crippen LogP contribution is 2.21. The minimum Gasteiger partial charge on any atom is -0.376 e. The maximum atomic E-state index is 5.93. The SMILES string of the molecule is CCNCc1cn(CCOC2CC(C)OC(C)C2)nn1. The van der Waals surface area contributed by atoms with Crippen molar-refractivity contribution < 1.29 is 9.47 Å². The molecule has 0 saturated carbocycles. The van der Waals surface area contributed by atoms with Gasteiger partial charge >= 0.3 is 0 Å². The molecule has 2 unspecified atom stereocenters. The molecule has 0 bridgehead atoms. The molecule has 2 rings (SSSR count). The second-order valence-corrected chi connectivity index (χ2v) is 5.47. The smallest absolute Gasteiger partial charge is 0.0964 e. The molecule has 1 saturated heterocycles. The number of rotatable bonds is 7. The minimum absolute atomic E-state index is 0.293.